The van der Waals surface area contributed by atoms with Crippen LogP contribution < -0.4 is 4.90 Å². The molecule has 2 saturated heterocycles. The summed E-state index contributed by atoms with van der Waals surface area (Å²) in [7, 11) is 0. The van der Waals surface area contributed by atoms with Crippen LogP contribution in [0.3, 0.4) is 0 Å². The summed E-state index contributed by atoms with van der Waals surface area (Å²) in [4.78, 5) is 20.1. The zero-order chi connectivity index (χ0) is 20.6. The SMILES string of the molecule is O=C(CC(CN1CCN(c2ccccc2)CC1)N1CCCC1)OCc1ccccc1. The van der Waals surface area contributed by atoms with Crippen LogP contribution >= 0.6 is 0 Å². The van der Waals surface area contributed by atoms with E-state index >= 15 is 0 Å². The molecule has 5 nitrogen and oxygen atoms in total. The molecule has 2 fully saturated rings. The molecule has 4 rings (SSSR count). The number of para-hydroxylation sites is 1. The van der Waals surface area contributed by atoms with Crippen molar-refractivity contribution in [3.63, 3.8) is 0 Å². The van der Waals surface area contributed by atoms with Crippen LogP contribution in [0.1, 0.15) is 24.8 Å². The predicted octanol–water partition coefficient (Wildman–Crippen LogP) is 3.41. The Morgan fingerprint density at radius 1 is 0.833 bits per heavy atom. The first-order valence-corrected chi connectivity index (χ1v) is 11.2. The summed E-state index contributed by atoms with van der Waals surface area (Å²) in [5.41, 5.74) is 2.35. The first-order valence-electron chi connectivity index (χ1n) is 11.2. The zero-order valence-electron chi connectivity index (χ0n) is 17.8. The van der Waals surface area contributed by atoms with Gasteiger partial charge in [-0.1, -0.05) is 48.5 Å². The van der Waals surface area contributed by atoms with Crippen molar-refractivity contribution >= 4 is 11.7 Å². The predicted molar refractivity (Wildman–Crippen MR) is 121 cm³/mol. The third kappa shape index (κ3) is 5.83. The quantitative estimate of drug-likeness (QED) is 0.627. The van der Waals surface area contributed by atoms with E-state index in [1.54, 1.807) is 0 Å². The molecule has 0 aliphatic carbocycles. The van der Waals surface area contributed by atoms with Gasteiger partial charge in [0, 0.05) is 44.5 Å². The highest BCUT2D eigenvalue weighted by Crippen LogP contribution is 2.19. The second kappa shape index (κ2) is 10.6. The molecule has 160 valence electrons. The summed E-state index contributed by atoms with van der Waals surface area (Å²) in [6, 6.07) is 20.8. The van der Waals surface area contributed by atoms with Crippen LogP contribution in [0.2, 0.25) is 0 Å². The smallest absolute Gasteiger partial charge is 0.307 e. The number of carbonyl (C=O) groups excluding carboxylic acids is 1. The first kappa shape index (κ1) is 20.9. The van der Waals surface area contributed by atoms with Crippen molar-refractivity contribution in [2.75, 3.05) is 50.7 Å². The molecule has 0 bridgehead atoms. The van der Waals surface area contributed by atoms with Crippen molar-refractivity contribution in [3.05, 3.63) is 66.2 Å². The van der Waals surface area contributed by atoms with Crippen molar-refractivity contribution in [1.29, 1.82) is 0 Å². The second-order valence-electron chi connectivity index (χ2n) is 8.37. The van der Waals surface area contributed by atoms with Crippen molar-refractivity contribution in [2.45, 2.75) is 31.9 Å². The van der Waals surface area contributed by atoms with E-state index < -0.39 is 0 Å². The van der Waals surface area contributed by atoms with Gasteiger partial charge < -0.3 is 9.64 Å². The van der Waals surface area contributed by atoms with Gasteiger partial charge in [0.25, 0.3) is 0 Å². The Bertz CT molecular complexity index is 769. The standard InChI is InChI=1S/C25H33N3O2/c29-25(30-21-22-9-3-1-4-10-22)19-24(27-13-7-8-14-27)20-26-15-17-28(18-16-26)23-11-5-2-6-12-23/h1-6,9-12,24H,7-8,13-21H2. The molecular formula is C25H33N3O2. The highest BCUT2D eigenvalue weighted by atomic mass is 16.5. The average molecular weight is 408 g/mol. The molecule has 2 aliphatic heterocycles. The van der Waals surface area contributed by atoms with Crippen LogP contribution in [0, 0.1) is 0 Å². The van der Waals surface area contributed by atoms with Crippen molar-refractivity contribution < 1.29 is 9.53 Å². The molecule has 0 amide bonds. The van der Waals surface area contributed by atoms with Gasteiger partial charge in [0.15, 0.2) is 0 Å². The lowest BCUT2D eigenvalue weighted by Gasteiger charge is -2.39. The molecule has 0 radical (unpaired) electrons. The van der Waals surface area contributed by atoms with Crippen molar-refractivity contribution in [2.24, 2.45) is 0 Å². The molecule has 30 heavy (non-hydrogen) atoms. The van der Waals surface area contributed by atoms with Gasteiger partial charge >= 0.3 is 5.97 Å². The highest BCUT2D eigenvalue weighted by Gasteiger charge is 2.28. The molecule has 2 aromatic carbocycles. The third-order valence-electron chi connectivity index (χ3n) is 6.26. The van der Waals surface area contributed by atoms with E-state index in [1.165, 1.54) is 18.5 Å². The second-order valence-corrected chi connectivity index (χ2v) is 8.37. The van der Waals surface area contributed by atoms with Gasteiger partial charge in [-0.15, -0.1) is 0 Å². The minimum Gasteiger partial charge on any atom is -0.461 e. The Morgan fingerprint density at radius 3 is 2.13 bits per heavy atom. The van der Waals surface area contributed by atoms with E-state index in [4.69, 9.17) is 4.74 Å². The van der Waals surface area contributed by atoms with Crippen molar-refractivity contribution in [3.8, 4) is 0 Å². The van der Waals surface area contributed by atoms with Crippen LogP contribution in [0.15, 0.2) is 60.7 Å². The summed E-state index contributed by atoms with van der Waals surface area (Å²) in [5.74, 6) is -0.0846. The number of ether oxygens (including phenoxy) is 1. The Morgan fingerprint density at radius 2 is 1.47 bits per heavy atom. The normalized spacial score (nSPS) is 19.0. The van der Waals surface area contributed by atoms with Gasteiger partial charge in [-0.2, -0.15) is 0 Å². The van der Waals surface area contributed by atoms with Crippen LogP contribution in [0.5, 0.6) is 0 Å². The van der Waals surface area contributed by atoms with E-state index in [0.29, 0.717) is 13.0 Å². The molecule has 5 heteroatoms. The average Bonchev–Trinajstić information content (AvgIpc) is 3.34. The van der Waals surface area contributed by atoms with E-state index in [-0.39, 0.29) is 12.0 Å². The Kier molecular flexibility index (Phi) is 7.38. The van der Waals surface area contributed by atoms with E-state index in [0.717, 1.165) is 51.4 Å². The van der Waals surface area contributed by atoms with Crippen LogP contribution in [-0.2, 0) is 16.1 Å². The molecule has 0 spiro atoms. The molecule has 0 saturated carbocycles. The fourth-order valence-corrected chi connectivity index (χ4v) is 4.53. The molecular weight excluding hydrogens is 374 g/mol. The topological polar surface area (TPSA) is 36.0 Å². The third-order valence-corrected chi connectivity index (χ3v) is 6.26. The molecule has 2 aromatic rings. The number of carbonyl (C=O) groups is 1. The summed E-state index contributed by atoms with van der Waals surface area (Å²) >= 11 is 0. The number of rotatable bonds is 8. The summed E-state index contributed by atoms with van der Waals surface area (Å²) < 4.78 is 5.59. The Labute approximate surface area is 180 Å². The number of anilines is 1. The maximum Gasteiger partial charge on any atom is 0.307 e. The number of esters is 1. The lowest BCUT2D eigenvalue weighted by Crippen LogP contribution is -2.51. The Balaban J connectivity index is 1.29. The molecule has 0 N–H and O–H groups in total. The first-order chi connectivity index (χ1) is 14.8. The summed E-state index contributed by atoms with van der Waals surface area (Å²) in [5, 5.41) is 0. The monoisotopic (exact) mass is 407 g/mol. The minimum absolute atomic E-state index is 0.0846. The van der Waals surface area contributed by atoms with E-state index in [1.807, 2.05) is 30.3 Å². The van der Waals surface area contributed by atoms with Gasteiger partial charge in [-0.3, -0.25) is 14.6 Å². The van der Waals surface area contributed by atoms with Crippen LogP contribution in [-0.4, -0.2) is 67.6 Å². The molecule has 1 atom stereocenters. The zero-order valence-corrected chi connectivity index (χ0v) is 17.8. The van der Waals surface area contributed by atoms with Crippen LogP contribution in [0.4, 0.5) is 5.69 Å². The molecule has 0 aromatic heterocycles. The number of likely N-dealkylation sites (tertiary alicyclic amines) is 1. The number of nitrogens with zero attached hydrogens (tertiary/aromatic N) is 3. The lowest BCUT2D eigenvalue weighted by molar-refractivity contribution is -0.146. The van der Waals surface area contributed by atoms with Crippen LogP contribution in [0.25, 0.3) is 0 Å². The largest absolute Gasteiger partial charge is 0.461 e. The molecule has 1 unspecified atom stereocenters. The van der Waals surface area contributed by atoms with Gasteiger partial charge in [-0.05, 0) is 43.6 Å². The van der Waals surface area contributed by atoms with Crippen molar-refractivity contribution in [1.82, 2.24) is 9.80 Å². The number of piperazine rings is 1. The molecule has 2 aliphatic rings. The summed E-state index contributed by atoms with van der Waals surface area (Å²) in [6.45, 7) is 7.66. The maximum atomic E-state index is 12.6. The molecule has 2 heterocycles. The van der Waals surface area contributed by atoms with Gasteiger partial charge in [-0.25, -0.2) is 0 Å². The fraction of sp³-hybridized carbons (Fsp3) is 0.480. The lowest BCUT2D eigenvalue weighted by atomic mass is 10.1. The number of hydrogen-bond acceptors (Lipinski definition) is 5. The van der Waals surface area contributed by atoms with Gasteiger partial charge in [0.1, 0.15) is 6.61 Å². The number of hydrogen-bond donors (Lipinski definition) is 0. The highest BCUT2D eigenvalue weighted by molar-refractivity contribution is 5.70. The van der Waals surface area contributed by atoms with E-state index in [2.05, 4.69) is 45.0 Å². The van der Waals surface area contributed by atoms with E-state index in [9.17, 15) is 4.79 Å². The fourth-order valence-electron chi connectivity index (χ4n) is 4.53. The summed E-state index contributed by atoms with van der Waals surface area (Å²) in [6.07, 6.45) is 2.94. The number of benzene rings is 2. The van der Waals surface area contributed by atoms with Gasteiger partial charge in [0.05, 0.1) is 6.42 Å². The Hall–Kier alpha value is -2.37. The van der Waals surface area contributed by atoms with Gasteiger partial charge in [0.2, 0.25) is 0 Å². The minimum atomic E-state index is -0.0846. The maximum absolute atomic E-state index is 12.6.